The SMILES string of the molecule is COCCN(C(=O)C(C)(C)CCl)C(C)c1nc2ccccc2c(=O)n1CCOC. The Morgan fingerprint density at radius 3 is 2.52 bits per heavy atom. The van der Waals surface area contributed by atoms with Crippen LogP contribution in [-0.4, -0.2) is 60.2 Å². The molecule has 0 aliphatic carbocycles. The zero-order chi connectivity index (χ0) is 21.6. The quantitative estimate of drug-likeness (QED) is 0.549. The Hall–Kier alpha value is -1.96. The molecule has 1 aromatic heterocycles. The monoisotopic (exact) mass is 423 g/mol. The second-order valence-electron chi connectivity index (χ2n) is 7.62. The molecule has 0 fully saturated rings. The summed E-state index contributed by atoms with van der Waals surface area (Å²) in [5.41, 5.74) is -0.299. The lowest BCUT2D eigenvalue weighted by molar-refractivity contribution is -0.142. The molecule has 1 unspecified atom stereocenters. The van der Waals surface area contributed by atoms with Gasteiger partial charge in [-0.15, -0.1) is 11.6 Å². The molecule has 2 rings (SSSR count). The minimum Gasteiger partial charge on any atom is -0.383 e. The Balaban J connectivity index is 2.60. The fraction of sp³-hybridized carbons (Fsp3) is 0.571. The molecule has 8 heteroatoms. The number of benzene rings is 1. The number of fused-ring (bicyclic) bond motifs is 1. The van der Waals surface area contributed by atoms with Gasteiger partial charge in [0.25, 0.3) is 5.56 Å². The molecule has 0 spiro atoms. The van der Waals surface area contributed by atoms with E-state index in [1.807, 2.05) is 19.1 Å². The summed E-state index contributed by atoms with van der Waals surface area (Å²) in [4.78, 5) is 32.8. The lowest BCUT2D eigenvalue weighted by atomic mass is 9.93. The summed E-state index contributed by atoms with van der Waals surface area (Å²) in [7, 11) is 3.17. The summed E-state index contributed by atoms with van der Waals surface area (Å²) in [6.45, 7) is 6.92. The van der Waals surface area contributed by atoms with Crippen molar-refractivity contribution in [3.8, 4) is 0 Å². The lowest BCUT2D eigenvalue weighted by Gasteiger charge is -2.35. The predicted octanol–water partition coefficient (Wildman–Crippen LogP) is 2.84. The first-order chi connectivity index (χ1) is 13.8. The Morgan fingerprint density at radius 2 is 1.90 bits per heavy atom. The number of ether oxygens (including phenoxy) is 2. The Morgan fingerprint density at radius 1 is 1.24 bits per heavy atom. The minimum absolute atomic E-state index is 0.113. The molecule has 0 aliphatic rings. The smallest absolute Gasteiger partial charge is 0.261 e. The molecule has 2 aromatic rings. The van der Waals surface area contributed by atoms with E-state index >= 15 is 0 Å². The number of alkyl halides is 1. The summed E-state index contributed by atoms with van der Waals surface area (Å²) in [6, 6.07) is 6.76. The molecule has 0 bridgehead atoms. The molecule has 1 amide bonds. The Kier molecular flexibility index (Phi) is 8.19. The van der Waals surface area contributed by atoms with Crippen LogP contribution in [0, 0.1) is 5.41 Å². The van der Waals surface area contributed by atoms with Crippen molar-refractivity contribution in [2.24, 2.45) is 5.41 Å². The standard InChI is InChI=1S/C21H30ClN3O4/c1-15(24(10-12-28-4)20(27)21(2,3)14-22)18-23-17-9-7-6-8-16(17)19(26)25(18)11-13-29-5/h6-9,15H,10-14H2,1-5H3. The number of nitrogens with zero attached hydrogens (tertiary/aromatic N) is 3. The van der Waals surface area contributed by atoms with E-state index in [-0.39, 0.29) is 17.3 Å². The molecule has 0 radical (unpaired) electrons. The highest BCUT2D eigenvalue weighted by atomic mass is 35.5. The van der Waals surface area contributed by atoms with Crippen LogP contribution in [0.25, 0.3) is 10.9 Å². The molecule has 0 aliphatic heterocycles. The van der Waals surface area contributed by atoms with Gasteiger partial charge in [0, 0.05) is 26.6 Å². The Labute approximate surface area is 176 Å². The van der Waals surface area contributed by atoms with Crippen LogP contribution < -0.4 is 5.56 Å². The number of carbonyl (C=O) groups excluding carboxylic acids is 1. The maximum absolute atomic E-state index is 13.2. The normalized spacial score (nSPS) is 12.9. The van der Waals surface area contributed by atoms with Gasteiger partial charge in [0.1, 0.15) is 5.82 Å². The second-order valence-corrected chi connectivity index (χ2v) is 7.89. The highest BCUT2D eigenvalue weighted by Gasteiger charge is 2.35. The van der Waals surface area contributed by atoms with Crippen molar-refractivity contribution in [1.29, 1.82) is 0 Å². The highest BCUT2D eigenvalue weighted by molar-refractivity contribution is 6.19. The van der Waals surface area contributed by atoms with Gasteiger partial charge in [-0.2, -0.15) is 0 Å². The predicted molar refractivity (Wildman–Crippen MR) is 114 cm³/mol. The van der Waals surface area contributed by atoms with Crippen LogP contribution in [0.15, 0.2) is 29.1 Å². The van der Waals surface area contributed by atoms with E-state index in [2.05, 4.69) is 0 Å². The van der Waals surface area contributed by atoms with Gasteiger partial charge in [0.2, 0.25) is 5.91 Å². The molecule has 160 valence electrons. The molecule has 0 saturated heterocycles. The highest BCUT2D eigenvalue weighted by Crippen LogP contribution is 2.27. The third-order valence-electron chi connectivity index (χ3n) is 4.96. The van der Waals surface area contributed by atoms with Gasteiger partial charge in [-0.25, -0.2) is 4.98 Å². The summed E-state index contributed by atoms with van der Waals surface area (Å²) >= 11 is 6.05. The number of aromatic nitrogens is 2. The van der Waals surface area contributed by atoms with E-state index < -0.39 is 11.5 Å². The van der Waals surface area contributed by atoms with E-state index in [9.17, 15) is 9.59 Å². The average molecular weight is 424 g/mol. The van der Waals surface area contributed by atoms with E-state index in [0.717, 1.165) is 0 Å². The van der Waals surface area contributed by atoms with Gasteiger partial charge in [0.15, 0.2) is 0 Å². The first-order valence-electron chi connectivity index (χ1n) is 9.62. The number of halogens is 1. The third-order valence-corrected chi connectivity index (χ3v) is 5.63. The fourth-order valence-electron chi connectivity index (χ4n) is 3.15. The van der Waals surface area contributed by atoms with Crippen LogP contribution in [0.1, 0.15) is 32.6 Å². The average Bonchev–Trinajstić information content (AvgIpc) is 2.72. The summed E-state index contributed by atoms with van der Waals surface area (Å²) < 4.78 is 12.0. The number of hydrogen-bond acceptors (Lipinski definition) is 5. The van der Waals surface area contributed by atoms with Crippen molar-refractivity contribution < 1.29 is 14.3 Å². The van der Waals surface area contributed by atoms with E-state index in [1.165, 1.54) is 0 Å². The van der Waals surface area contributed by atoms with Gasteiger partial charge in [0.05, 0.1) is 42.1 Å². The summed E-state index contributed by atoms with van der Waals surface area (Å²) in [5.74, 6) is 0.585. The molecule has 1 aromatic carbocycles. The van der Waals surface area contributed by atoms with Crippen molar-refractivity contribution in [1.82, 2.24) is 14.5 Å². The van der Waals surface area contributed by atoms with E-state index in [0.29, 0.717) is 43.0 Å². The number of carbonyl (C=O) groups is 1. The maximum atomic E-state index is 13.2. The number of rotatable bonds is 10. The van der Waals surface area contributed by atoms with Gasteiger partial charge >= 0.3 is 0 Å². The molecular weight excluding hydrogens is 394 g/mol. The van der Waals surface area contributed by atoms with Crippen LogP contribution >= 0.6 is 11.6 Å². The van der Waals surface area contributed by atoms with Gasteiger partial charge in [-0.3, -0.25) is 14.2 Å². The molecular formula is C21H30ClN3O4. The minimum atomic E-state index is -0.752. The van der Waals surface area contributed by atoms with Crippen LogP contribution in [0.5, 0.6) is 0 Å². The maximum Gasteiger partial charge on any atom is 0.261 e. The summed E-state index contributed by atoms with van der Waals surface area (Å²) in [5, 5.41) is 0.537. The van der Waals surface area contributed by atoms with Gasteiger partial charge in [-0.1, -0.05) is 12.1 Å². The zero-order valence-corrected chi connectivity index (χ0v) is 18.5. The van der Waals surface area contributed by atoms with Crippen LogP contribution in [0.2, 0.25) is 0 Å². The van der Waals surface area contributed by atoms with Crippen molar-refractivity contribution in [2.45, 2.75) is 33.4 Å². The van der Waals surface area contributed by atoms with Crippen molar-refractivity contribution in [3.63, 3.8) is 0 Å². The molecule has 1 atom stereocenters. The zero-order valence-electron chi connectivity index (χ0n) is 17.8. The van der Waals surface area contributed by atoms with E-state index in [4.69, 9.17) is 26.1 Å². The third kappa shape index (κ3) is 5.15. The van der Waals surface area contributed by atoms with Gasteiger partial charge in [-0.05, 0) is 32.9 Å². The molecule has 1 heterocycles. The topological polar surface area (TPSA) is 73.7 Å². The number of para-hydroxylation sites is 1. The van der Waals surface area contributed by atoms with Crippen LogP contribution in [0.4, 0.5) is 0 Å². The number of hydrogen-bond donors (Lipinski definition) is 0. The number of amides is 1. The van der Waals surface area contributed by atoms with Crippen molar-refractivity contribution >= 4 is 28.4 Å². The first kappa shape index (κ1) is 23.3. The molecule has 7 nitrogen and oxygen atoms in total. The first-order valence-corrected chi connectivity index (χ1v) is 10.2. The largest absolute Gasteiger partial charge is 0.383 e. The molecule has 0 N–H and O–H groups in total. The number of methoxy groups -OCH3 is 2. The molecule has 29 heavy (non-hydrogen) atoms. The van der Waals surface area contributed by atoms with Gasteiger partial charge < -0.3 is 14.4 Å². The molecule has 0 saturated carbocycles. The van der Waals surface area contributed by atoms with Crippen LogP contribution in [0.3, 0.4) is 0 Å². The fourth-order valence-corrected chi connectivity index (χ4v) is 3.26. The van der Waals surface area contributed by atoms with Crippen LogP contribution in [-0.2, 0) is 20.8 Å². The Bertz CT molecular complexity index is 897. The van der Waals surface area contributed by atoms with Crippen molar-refractivity contribution in [2.75, 3.05) is 39.9 Å². The summed E-state index contributed by atoms with van der Waals surface area (Å²) in [6.07, 6.45) is 0. The second kappa shape index (κ2) is 10.2. The van der Waals surface area contributed by atoms with Crippen molar-refractivity contribution in [3.05, 3.63) is 40.4 Å². The van der Waals surface area contributed by atoms with E-state index in [1.54, 1.807) is 49.7 Å². The lowest BCUT2D eigenvalue weighted by Crippen LogP contribution is -2.46.